The number of benzene rings is 3. The highest BCUT2D eigenvalue weighted by Gasteiger charge is 2.13. The van der Waals surface area contributed by atoms with Crippen molar-refractivity contribution in [1.82, 2.24) is 4.90 Å². The van der Waals surface area contributed by atoms with Crippen LogP contribution in [0.5, 0.6) is 0 Å². The van der Waals surface area contributed by atoms with E-state index in [0.29, 0.717) is 13.1 Å². The fourth-order valence-corrected chi connectivity index (χ4v) is 2.71. The van der Waals surface area contributed by atoms with E-state index in [1.165, 1.54) is 12.1 Å². The minimum Gasteiger partial charge on any atom is -0.320 e. The highest BCUT2D eigenvalue weighted by atomic mass is 19.1. The van der Waals surface area contributed by atoms with Gasteiger partial charge in [-0.25, -0.2) is 9.18 Å². The zero-order valence-corrected chi connectivity index (χ0v) is 13.5. The second-order valence-corrected chi connectivity index (χ2v) is 5.60. The van der Waals surface area contributed by atoms with Crippen molar-refractivity contribution in [1.29, 1.82) is 0 Å². The third-order valence-electron chi connectivity index (χ3n) is 3.96. The van der Waals surface area contributed by atoms with Gasteiger partial charge in [-0.1, -0.05) is 48.5 Å². The summed E-state index contributed by atoms with van der Waals surface area (Å²) in [5, 5.41) is 5.03. The molecule has 0 saturated carbocycles. The standard InChI is InChI=1S/C20H19FN2O/c1-2-23(14-15-7-5-10-17(21)13-15)20(24)22-19-12-6-9-16-8-3-4-11-18(16)19/h3-13H,2,14H2,1H3,(H,22,24). The minimum atomic E-state index is -0.294. The molecule has 3 aromatic carbocycles. The number of nitrogens with one attached hydrogen (secondary N) is 1. The molecular weight excluding hydrogens is 303 g/mol. The first-order chi connectivity index (χ1) is 11.7. The van der Waals surface area contributed by atoms with Crippen molar-refractivity contribution < 1.29 is 9.18 Å². The molecule has 0 aliphatic carbocycles. The predicted octanol–water partition coefficient (Wildman–Crippen LogP) is 5.03. The van der Waals surface area contributed by atoms with E-state index >= 15 is 0 Å². The van der Waals surface area contributed by atoms with E-state index in [1.807, 2.05) is 55.5 Å². The van der Waals surface area contributed by atoms with E-state index < -0.39 is 0 Å². The molecule has 122 valence electrons. The van der Waals surface area contributed by atoms with Crippen molar-refractivity contribution in [3.63, 3.8) is 0 Å². The number of nitrogens with zero attached hydrogens (tertiary/aromatic N) is 1. The summed E-state index contributed by atoms with van der Waals surface area (Å²) in [4.78, 5) is 14.2. The summed E-state index contributed by atoms with van der Waals surface area (Å²) in [6, 6.07) is 19.8. The number of carbonyl (C=O) groups is 1. The smallest absolute Gasteiger partial charge is 0.320 e. The van der Waals surface area contributed by atoms with Crippen LogP contribution in [0.1, 0.15) is 12.5 Å². The van der Waals surface area contributed by atoms with Crippen LogP contribution in [0.15, 0.2) is 66.7 Å². The summed E-state index contributed by atoms with van der Waals surface area (Å²) >= 11 is 0. The third-order valence-corrected chi connectivity index (χ3v) is 3.96. The van der Waals surface area contributed by atoms with Crippen molar-refractivity contribution >= 4 is 22.5 Å². The molecule has 0 aromatic heterocycles. The second-order valence-electron chi connectivity index (χ2n) is 5.60. The molecule has 3 rings (SSSR count). The third kappa shape index (κ3) is 3.54. The Balaban J connectivity index is 1.79. The van der Waals surface area contributed by atoms with E-state index in [0.717, 1.165) is 22.0 Å². The van der Waals surface area contributed by atoms with E-state index in [2.05, 4.69) is 5.32 Å². The van der Waals surface area contributed by atoms with Crippen LogP contribution in [0.25, 0.3) is 10.8 Å². The lowest BCUT2D eigenvalue weighted by molar-refractivity contribution is 0.212. The van der Waals surface area contributed by atoms with Crippen molar-refractivity contribution in [2.75, 3.05) is 11.9 Å². The number of carbonyl (C=O) groups excluding carboxylic acids is 1. The van der Waals surface area contributed by atoms with Crippen molar-refractivity contribution in [2.45, 2.75) is 13.5 Å². The number of amides is 2. The van der Waals surface area contributed by atoms with E-state index in [-0.39, 0.29) is 11.8 Å². The second kappa shape index (κ2) is 7.13. The van der Waals surface area contributed by atoms with Gasteiger partial charge in [0.2, 0.25) is 0 Å². The van der Waals surface area contributed by atoms with Gasteiger partial charge in [-0.2, -0.15) is 0 Å². The molecule has 0 radical (unpaired) electrons. The van der Waals surface area contributed by atoms with Crippen LogP contribution in [0.3, 0.4) is 0 Å². The monoisotopic (exact) mass is 322 g/mol. The number of anilines is 1. The lowest BCUT2D eigenvalue weighted by atomic mass is 10.1. The van der Waals surface area contributed by atoms with Crippen molar-refractivity contribution in [2.24, 2.45) is 0 Å². The van der Waals surface area contributed by atoms with Gasteiger partial charge in [0.1, 0.15) is 5.82 Å². The fraction of sp³-hybridized carbons (Fsp3) is 0.150. The Labute approximate surface area is 140 Å². The molecule has 0 bridgehead atoms. The lowest BCUT2D eigenvalue weighted by Gasteiger charge is -2.22. The molecule has 1 N–H and O–H groups in total. The molecule has 0 heterocycles. The topological polar surface area (TPSA) is 32.3 Å². The average Bonchev–Trinajstić information content (AvgIpc) is 2.60. The van der Waals surface area contributed by atoms with Crippen molar-refractivity contribution in [3.8, 4) is 0 Å². The SMILES string of the molecule is CCN(Cc1cccc(F)c1)C(=O)Nc1cccc2ccccc12. The van der Waals surface area contributed by atoms with Gasteiger partial charge in [0.15, 0.2) is 0 Å². The molecule has 0 saturated heterocycles. The zero-order valence-electron chi connectivity index (χ0n) is 13.5. The Bertz CT molecular complexity index is 858. The first-order valence-corrected chi connectivity index (χ1v) is 7.95. The molecule has 0 atom stereocenters. The highest BCUT2D eigenvalue weighted by Crippen LogP contribution is 2.23. The van der Waals surface area contributed by atoms with Crippen molar-refractivity contribution in [3.05, 3.63) is 78.1 Å². The van der Waals surface area contributed by atoms with Gasteiger partial charge in [-0.05, 0) is 36.1 Å². The van der Waals surface area contributed by atoms with Crippen LogP contribution < -0.4 is 5.32 Å². The highest BCUT2D eigenvalue weighted by molar-refractivity contribution is 6.01. The molecule has 0 aliphatic heterocycles. The normalized spacial score (nSPS) is 10.6. The Morgan fingerprint density at radius 2 is 1.79 bits per heavy atom. The van der Waals surface area contributed by atoms with Gasteiger partial charge in [0.05, 0.1) is 5.69 Å². The maximum absolute atomic E-state index is 13.3. The van der Waals surface area contributed by atoms with E-state index in [4.69, 9.17) is 0 Å². The molecule has 0 spiro atoms. The molecule has 2 amide bonds. The molecular formula is C20H19FN2O. The predicted molar refractivity (Wildman–Crippen MR) is 95.5 cm³/mol. The quantitative estimate of drug-likeness (QED) is 0.717. The Hall–Kier alpha value is -2.88. The van der Waals surface area contributed by atoms with Crippen LogP contribution in [0, 0.1) is 5.82 Å². The van der Waals surface area contributed by atoms with Crippen LogP contribution in [-0.4, -0.2) is 17.5 Å². The summed E-state index contributed by atoms with van der Waals surface area (Å²) in [5.41, 5.74) is 1.54. The number of fused-ring (bicyclic) bond motifs is 1. The van der Waals surface area contributed by atoms with Crippen LogP contribution >= 0.6 is 0 Å². The van der Waals surface area contributed by atoms with E-state index in [9.17, 15) is 9.18 Å². The maximum Gasteiger partial charge on any atom is 0.322 e. The average molecular weight is 322 g/mol. The van der Waals surface area contributed by atoms with Gasteiger partial charge < -0.3 is 10.2 Å². The Morgan fingerprint density at radius 3 is 2.58 bits per heavy atom. The van der Waals surface area contributed by atoms with Gasteiger partial charge in [-0.15, -0.1) is 0 Å². The summed E-state index contributed by atoms with van der Waals surface area (Å²) in [7, 11) is 0. The van der Waals surface area contributed by atoms with Gasteiger partial charge in [0.25, 0.3) is 0 Å². The Kier molecular flexibility index (Phi) is 4.75. The van der Waals surface area contributed by atoms with Crippen LogP contribution in [0.2, 0.25) is 0 Å². The largest absolute Gasteiger partial charge is 0.322 e. The summed E-state index contributed by atoms with van der Waals surface area (Å²) < 4.78 is 13.3. The van der Waals surface area contributed by atoms with Gasteiger partial charge in [-0.3, -0.25) is 0 Å². The molecule has 0 aliphatic rings. The van der Waals surface area contributed by atoms with Crippen LogP contribution in [-0.2, 0) is 6.54 Å². The number of halogens is 1. The molecule has 3 nitrogen and oxygen atoms in total. The lowest BCUT2D eigenvalue weighted by Crippen LogP contribution is -2.34. The molecule has 4 heteroatoms. The number of hydrogen-bond donors (Lipinski definition) is 1. The number of urea groups is 1. The summed E-state index contributed by atoms with van der Waals surface area (Å²) in [6.45, 7) is 2.81. The fourth-order valence-electron chi connectivity index (χ4n) is 2.71. The number of rotatable bonds is 4. The zero-order chi connectivity index (χ0) is 16.9. The molecule has 0 fully saturated rings. The van der Waals surface area contributed by atoms with E-state index in [1.54, 1.807) is 11.0 Å². The summed E-state index contributed by atoms with van der Waals surface area (Å²) in [6.07, 6.45) is 0. The van der Waals surface area contributed by atoms with Crippen LogP contribution in [0.4, 0.5) is 14.9 Å². The minimum absolute atomic E-state index is 0.196. The summed E-state index contributed by atoms with van der Waals surface area (Å²) in [5.74, 6) is -0.294. The molecule has 3 aromatic rings. The first-order valence-electron chi connectivity index (χ1n) is 7.95. The van der Waals surface area contributed by atoms with Gasteiger partial charge >= 0.3 is 6.03 Å². The Morgan fingerprint density at radius 1 is 1.04 bits per heavy atom. The molecule has 0 unspecified atom stereocenters. The van der Waals surface area contributed by atoms with Gasteiger partial charge in [0, 0.05) is 18.5 Å². The molecule has 24 heavy (non-hydrogen) atoms. The first kappa shape index (κ1) is 16.0. The number of hydrogen-bond acceptors (Lipinski definition) is 1. The maximum atomic E-state index is 13.3.